The number of hydrogen-bond donors (Lipinski definition) is 0. The highest BCUT2D eigenvalue weighted by Crippen LogP contribution is 2.67. The van der Waals surface area contributed by atoms with Gasteiger partial charge >= 0.3 is 0 Å². The average Bonchev–Trinajstić information content (AvgIpc) is 3.00. The van der Waals surface area contributed by atoms with Gasteiger partial charge < -0.3 is 9.47 Å². The van der Waals surface area contributed by atoms with Crippen molar-refractivity contribution in [2.24, 2.45) is 16.7 Å². The first-order valence-electron chi connectivity index (χ1n) is 7.55. The van der Waals surface area contributed by atoms with Gasteiger partial charge in [-0.2, -0.15) is 0 Å². The minimum Gasteiger partial charge on any atom is -0.380 e. The molecule has 1 heterocycles. The van der Waals surface area contributed by atoms with Gasteiger partial charge in [0.2, 0.25) is 5.91 Å². The third kappa shape index (κ3) is 1.91. The Balaban J connectivity index is 2.01. The van der Waals surface area contributed by atoms with Gasteiger partial charge in [-0.3, -0.25) is 9.59 Å². The fourth-order valence-electron chi connectivity index (χ4n) is 4.77. The second-order valence-electron chi connectivity index (χ2n) is 6.93. The summed E-state index contributed by atoms with van der Waals surface area (Å²) in [4.78, 5) is 27.1. The van der Waals surface area contributed by atoms with Crippen molar-refractivity contribution >= 4 is 38.8 Å². The molecule has 0 N–H and O–H groups in total. The molecule has 1 aliphatic heterocycles. The number of methoxy groups -OCH3 is 2. The van der Waals surface area contributed by atoms with Crippen molar-refractivity contribution in [2.45, 2.75) is 49.6 Å². The molecule has 5 nitrogen and oxygen atoms in total. The van der Waals surface area contributed by atoms with Crippen molar-refractivity contribution in [3.05, 3.63) is 0 Å². The van der Waals surface area contributed by atoms with E-state index in [9.17, 15) is 9.59 Å². The van der Waals surface area contributed by atoms with Crippen molar-refractivity contribution in [1.29, 1.82) is 0 Å². The number of amides is 2. The zero-order valence-corrected chi connectivity index (χ0v) is 15.7. The molecule has 0 radical (unpaired) electrons. The summed E-state index contributed by atoms with van der Waals surface area (Å²) in [6.45, 7) is 4.28. The van der Waals surface area contributed by atoms with Crippen LogP contribution in [0.1, 0.15) is 33.1 Å². The molecule has 2 amide bonds. The molecule has 7 heteroatoms. The highest BCUT2D eigenvalue weighted by atomic mass is 79.9. The predicted molar refractivity (Wildman–Crippen MR) is 87.7 cm³/mol. The number of halogens is 1. The maximum atomic E-state index is 13.4. The topological polar surface area (TPSA) is 55.8 Å². The van der Waals surface area contributed by atoms with E-state index >= 15 is 0 Å². The molecule has 124 valence electrons. The Labute approximate surface area is 143 Å². The molecule has 0 aromatic heterocycles. The van der Waals surface area contributed by atoms with Gasteiger partial charge in [-0.1, -0.05) is 29.8 Å². The van der Waals surface area contributed by atoms with Gasteiger partial charge in [0.15, 0.2) is 6.23 Å². The average molecular weight is 392 g/mol. The van der Waals surface area contributed by atoms with Crippen LogP contribution in [0.5, 0.6) is 0 Å². The Morgan fingerprint density at radius 2 is 2.05 bits per heavy atom. The van der Waals surface area contributed by atoms with E-state index in [0.717, 1.165) is 31.0 Å². The zero-order chi connectivity index (χ0) is 16.3. The van der Waals surface area contributed by atoms with Crippen molar-refractivity contribution in [1.82, 2.24) is 4.90 Å². The fourth-order valence-corrected chi connectivity index (χ4v) is 6.55. The Bertz CT molecular complexity index is 514. The van der Waals surface area contributed by atoms with Gasteiger partial charge in [0.25, 0.3) is 5.24 Å². The van der Waals surface area contributed by atoms with E-state index in [4.69, 9.17) is 9.47 Å². The minimum absolute atomic E-state index is 0.126. The largest absolute Gasteiger partial charge is 0.380 e. The third-order valence-corrected chi connectivity index (χ3v) is 7.99. The maximum absolute atomic E-state index is 13.4. The van der Waals surface area contributed by atoms with Gasteiger partial charge in [-0.15, -0.1) is 0 Å². The van der Waals surface area contributed by atoms with Crippen LogP contribution < -0.4 is 0 Å². The Kier molecular flexibility index (Phi) is 4.16. The van der Waals surface area contributed by atoms with Gasteiger partial charge in [0.05, 0.1) is 11.5 Å². The van der Waals surface area contributed by atoms with E-state index < -0.39 is 11.6 Å². The van der Waals surface area contributed by atoms with Crippen LogP contribution in [0.15, 0.2) is 0 Å². The standard InChI is InChI=1S/C15H22BrNO4S/c1-14(2)8-5-6-15(14,9(7-8)20-3)12(18)17-11(21-4)10(16)22-13(17)19/h8-11H,5-7H2,1-4H3/t8-,9-,10-,11+,15+/m1/s1. The lowest BCUT2D eigenvalue weighted by Crippen LogP contribution is -2.56. The molecular formula is C15H22BrNO4S. The number of rotatable bonds is 3. The molecule has 0 unspecified atom stereocenters. The summed E-state index contributed by atoms with van der Waals surface area (Å²) < 4.78 is 10.9. The maximum Gasteiger partial charge on any atom is 0.291 e. The molecule has 2 aliphatic carbocycles. The van der Waals surface area contributed by atoms with Gasteiger partial charge in [0.1, 0.15) is 4.16 Å². The molecule has 3 fully saturated rings. The van der Waals surface area contributed by atoms with Crippen LogP contribution in [-0.2, 0) is 14.3 Å². The van der Waals surface area contributed by atoms with Crippen LogP contribution in [-0.4, -0.2) is 46.8 Å². The monoisotopic (exact) mass is 391 g/mol. The van der Waals surface area contributed by atoms with Crippen molar-refractivity contribution < 1.29 is 19.1 Å². The Hall–Kier alpha value is -0.110. The van der Waals surface area contributed by atoms with Crippen molar-refractivity contribution in [3.63, 3.8) is 0 Å². The number of alkyl halides is 1. The second-order valence-corrected chi connectivity index (χ2v) is 9.61. The molecule has 1 saturated heterocycles. The molecule has 0 aromatic rings. The highest BCUT2D eigenvalue weighted by molar-refractivity contribution is 9.11. The number of carbonyl (C=O) groups excluding carboxylic acids is 2. The smallest absolute Gasteiger partial charge is 0.291 e. The molecular weight excluding hydrogens is 370 g/mol. The number of fused-ring (bicyclic) bond motifs is 2. The minimum atomic E-state index is -0.628. The Morgan fingerprint density at radius 1 is 1.36 bits per heavy atom. The van der Waals surface area contributed by atoms with Crippen molar-refractivity contribution in [2.75, 3.05) is 14.2 Å². The van der Waals surface area contributed by atoms with Crippen LogP contribution in [0.4, 0.5) is 4.79 Å². The molecule has 2 bridgehead atoms. The summed E-state index contributed by atoms with van der Waals surface area (Å²) in [6.07, 6.45) is 1.99. The number of ether oxygens (including phenoxy) is 2. The molecule has 5 atom stereocenters. The zero-order valence-electron chi connectivity index (χ0n) is 13.3. The third-order valence-electron chi connectivity index (χ3n) is 6.12. The summed E-state index contributed by atoms with van der Waals surface area (Å²) in [7, 11) is 3.19. The summed E-state index contributed by atoms with van der Waals surface area (Å²) in [5.74, 6) is 0.336. The number of thioether (sulfide) groups is 1. The summed E-state index contributed by atoms with van der Waals surface area (Å²) in [6, 6.07) is 0. The van der Waals surface area contributed by atoms with Crippen LogP contribution >= 0.6 is 27.7 Å². The van der Waals surface area contributed by atoms with Crippen LogP contribution in [0.3, 0.4) is 0 Å². The Morgan fingerprint density at radius 3 is 2.59 bits per heavy atom. The van der Waals surface area contributed by atoms with E-state index in [0.29, 0.717) is 5.92 Å². The molecule has 22 heavy (non-hydrogen) atoms. The molecule has 0 aromatic carbocycles. The molecule has 2 saturated carbocycles. The molecule has 3 rings (SSSR count). The first kappa shape index (κ1) is 16.7. The predicted octanol–water partition coefficient (Wildman–Crippen LogP) is 3.22. The van der Waals surface area contributed by atoms with E-state index in [1.807, 2.05) is 0 Å². The normalized spacial score (nSPS) is 43.1. The van der Waals surface area contributed by atoms with E-state index in [1.54, 1.807) is 7.11 Å². The lowest BCUT2D eigenvalue weighted by Gasteiger charge is -2.42. The summed E-state index contributed by atoms with van der Waals surface area (Å²) >= 11 is 4.52. The van der Waals surface area contributed by atoms with Gasteiger partial charge in [-0.25, -0.2) is 4.90 Å². The first-order chi connectivity index (χ1) is 10.3. The van der Waals surface area contributed by atoms with Crippen LogP contribution in [0.25, 0.3) is 0 Å². The van der Waals surface area contributed by atoms with Gasteiger partial charge in [-0.05, 0) is 42.4 Å². The number of hydrogen-bond acceptors (Lipinski definition) is 5. The summed E-state index contributed by atoms with van der Waals surface area (Å²) in [5.41, 5.74) is -0.797. The van der Waals surface area contributed by atoms with E-state index in [1.165, 1.54) is 12.0 Å². The fraction of sp³-hybridized carbons (Fsp3) is 0.867. The van der Waals surface area contributed by atoms with Crippen molar-refractivity contribution in [3.8, 4) is 0 Å². The van der Waals surface area contributed by atoms with Gasteiger partial charge in [0, 0.05) is 14.2 Å². The lowest BCUT2D eigenvalue weighted by molar-refractivity contribution is -0.160. The lowest BCUT2D eigenvalue weighted by atomic mass is 9.67. The molecule has 0 spiro atoms. The van der Waals surface area contributed by atoms with Crippen LogP contribution in [0, 0.1) is 16.7 Å². The number of nitrogens with zero attached hydrogens (tertiary/aromatic N) is 1. The number of imide groups is 1. The van der Waals surface area contributed by atoms with E-state index in [2.05, 4.69) is 29.8 Å². The number of carbonyl (C=O) groups is 2. The SMILES string of the molecule is CO[C@H]1[C@H](Br)SC(=O)N1C(=O)[C@]12CC[C@H](C[C@H]1OC)C2(C)C. The second kappa shape index (κ2) is 5.46. The van der Waals surface area contributed by atoms with Crippen LogP contribution in [0.2, 0.25) is 0 Å². The molecule has 3 aliphatic rings. The first-order valence-corrected chi connectivity index (χ1v) is 9.34. The summed E-state index contributed by atoms with van der Waals surface area (Å²) in [5, 5.41) is -0.242. The van der Waals surface area contributed by atoms with E-state index in [-0.39, 0.29) is 26.8 Å². The highest BCUT2D eigenvalue weighted by Gasteiger charge is 2.70. The quantitative estimate of drug-likeness (QED) is 0.691.